The van der Waals surface area contributed by atoms with Gasteiger partial charge in [0.05, 0.1) is 6.57 Å². The average Bonchev–Trinajstić information content (AvgIpc) is 2.57. The molecule has 0 N–H and O–H groups in total. The first-order valence-electron chi connectivity index (χ1n) is 7.84. The van der Waals surface area contributed by atoms with Crippen LogP contribution in [-0.4, -0.2) is 19.1 Å². The first-order chi connectivity index (χ1) is 11.5. The molecule has 1 aliphatic heterocycles. The van der Waals surface area contributed by atoms with Crippen LogP contribution in [0.15, 0.2) is 36.4 Å². The summed E-state index contributed by atoms with van der Waals surface area (Å²) in [7, 11) is 0. The van der Waals surface area contributed by atoms with Crippen LogP contribution in [0, 0.1) is 26.2 Å². The van der Waals surface area contributed by atoms with Gasteiger partial charge < -0.3 is 0 Å². The molecule has 0 radical (unpaired) electrons. The Balaban J connectivity index is 1.91. The molecular formula is C19H18FN3O. The standard InChI is InChI=1S/C19H18FN3O/c1-13-5-6-16(12-17(13)20)23-10-4-9-22(19(23)24)15-7-8-18(21-3)14(2)11-15/h5-8,11-12H,4,9-10H2,1-2H3. The second-order valence-corrected chi connectivity index (χ2v) is 5.96. The molecule has 3 rings (SSSR count). The number of hydrogen-bond acceptors (Lipinski definition) is 1. The molecule has 24 heavy (non-hydrogen) atoms. The van der Waals surface area contributed by atoms with Crippen LogP contribution in [0.5, 0.6) is 0 Å². The number of nitrogens with zero attached hydrogens (tertiary/aromatic N) is 3. The highest BCUT2D eigenvalue weighted by Crippen LogP contribution is 2.29. The van der Waals surface area contributed by atoms with Gasteiger partial charge in [0.25, 0.3) is 0 Å². The number of halogens is 1. The van der Waals surface area contributed by atoms with Crippen molar-refractivity contribution in [3.63, 3.8) is 0 Å². The van der Waals surface area contributed by atoms with Gasteiger partial charge in [0.15, 0.2) is 5.69 Å². The van der Waals surface area contributed by atoms with E-state index >= 15 is 0 Å². The molecule has 4 nitrogen and oxygen atoms in total. The van der Waals surface area contributed by atoms with Gasteiger partial charge >= 0.3 is 6.03 Å². The highest BCUT2D eigenvalue weighted by Gasteiger charge is 2.28. The zero-order valence-electron chi connectivity index (χ0n) is 13.7. The number of hydrogen-bond donors (Lipinski definition) is 0. The van der Waals surface area contributed by atoms with Gasteiger partial charge in [0.1, 0.15) is 5.82 Å². The molecule has 0 bridgehead atoms. The van der Waals surface area contributed by atoms with E-state index in [4.69, 9.17) is 6.57 Å². The van der Waals surface area contributed by atoms with Crippen LogP contribution >= 0.6 is 0 Å². The van der Waals surface area contributed by atoms with Crippen molar-refractivity contribution in [2.45, 2.75) is 20.3 Å². The molecule has 0 unspecified atom stereocenters. The van der Waals surface area contributed by atoms with Gasteiger partial charge in [-0.15, -0.1) is 0 Å². The summed E-state index contributed by atoms with van der Waals surface area (Å²) in [5.74, 6) is -0.310. The molecular weight excluding hydrogens is 305 g/mol. The fraction of sp³-hybridized carbons (Fsp3) is 0.263. The normalized spacial score (nSPS) is 14.7. The Morgan fingerprint density at radius 3 is 2.21 bits per heavy atom. The van der Waals surface area contributed by atoms with Crippen molar-refractivity contribution in [3.05, 3.63) is 64.8 Å². The number of carbonyl (C=O) groups is 1. The lowest BCUT2D eigenvalue weighted by Crippen LogP contribution is -2.49. The smallest absolute Gasteiger partial charge is 0.294 e. The summed E-state index contributed by atoms with van der Waals surface area (Å²) in [6.07, 6.45) is 0.796. The Morgan fingerprint density at radius 2 is 1.62 bits per heavy atom. The molecule has 122 valence electrons. The molecule has 1 saturated heterocycles. The Labute approximate surface area is 140 Å². The van der Waals surface area contributed by atoms with E-state index in [-0.39, 0.29) is 11.8 Å². The van der Waals surface area contributed by atoms with E-state index in [1.165, 1.54) is 6.07 Å². The molecule has 2 amide bonds. The second-order valence-electron chi connectivity index (χ2n) is 5.96. The van der Waals surface area contributed by atoms with Gasteiger partial charge in [-0.05, 0) is 55.7 Å². The Hall–Kier alpha value is -2.87. The third-order valence-corrected chi connectivity index (χ3v) is 4.30. The number of aryl methyl sites for hydroxylation is 2. The number of urea groups is 1. The van der Waals surface area contributed by atoms with E-state index in [0.29, 0.717) is 30.0 Å². The average molecular weight is 323 g/mol. The fourth-order valence-corrected chi connectivity index (χ4v) is 2.89. The highest BCUT2D eigenvalue weighted by molar-refractivity contribution is 6.04. The summed E-state index contributed by atoms with van der Waals surface area (Å²) in [6, 6.07) is 10.1. The molecule has 5 heteroatoms. The van der Waals surface area contributed by atoms with E-state index in [1.807, 2.05) is 13.0 Å². The minimum absolute atomic E-state index is 0.167. The maximum Gasteiger partial charge on any atom is 0.328 e. The van der Waals surface area contributed by atoms with Crippen LogP contribution in [0.4, 0.5) is 26.2 Å². The van der Waals surface area contributed by atoms with Crippen LogP contribution in [0.2, 0.25) is 0 Å². The fourth-order valence-electron chi connectivity index (χ4n) is 2.89. The van der Waals surface area contributed by atoms with Gasteiger partial charge in [-0.25, -0.2) is 14.0 Å². The first kappa shape index (κ1) is 16.0. The molecule has 1 fully saturated rings. The van der Waals surface area contributed by atoms with Crippen molar-refractivity contribution >= 4 is 23.1 Å². The molecule has 2 aromatic carbocycles. The highest BCUT2D eigenvalue weighted by atomic mass is 19.1. The number of amides is 2. The van der Waals surface area contributed by atoms with Gasteiger partial charge in [-0.3, -0.25) is 9.80 Å². The third-order valence-electron chi connectivity index (χ3n) is 4.30. The third kappa shape index (κ3) is 2.83. The van der Waals surface area contributed by atoms with Crippen LogP contribution in [0.1, 0.15) is 17.5 Å². The molecule has 1 aliphatic rings. The van der Waals surface area contributed by atoms with Crippen molar-refractivity contribution in [3.8, 4) is 0 Å². The number of benzene rings is 2. The predicted octanol–water partition coefficient (Wildman–Crippen LogP) is 4.83. The van der Waals surface area contributed by atoms with Crippen molar-refractivity contribution in [2.75, 3.05) is 22.9 Å². The van der Waals surface area contributed by atoms with Crippen molar-refractivity contribution < 1.29 is 9.18 Å². The van der Waals surface area contributed by atoms with E-state index in [0.717, 1.165) is 17.7 Å². The van der Waals surface area contributed by atoms with Gasteiger partial charge in [-0.2, -0.15) is 0 Å². The topological polar surface area (TPSA) is 27.9 Å². The lowest BCUT2D eigenvalue weighted by Gasteiger charge is -2.36. The molecule has 2 aromatic rings. The lowest BCUT2D eigenvalue weighted by atomic mass is 10.1. The number of rotatable bonds is 2. The predicted molar refractivity (Wildman–Crippen MR) is 93.3 cm³/mol. The molecule has 0 aromatic heterocycles. The van der Waals surface area contributed by atoms with E-state index < -0.39 is 0 Å². The largest absolute Gasteiger partial charge is 0.328 e. The van der Waals surface area contributed by atoms with Gasteiger partial charge in [0.2, 0.25) is 0 Å². The van der Waals surface area contributed by atoms with Gasteiger partial charge in [0, 0.05) is 24.5 Å². The molecule has 0 spiro atoms. The van der Waals surface area contributed by atoms with Crippen molar-refractivity contribution in [2.24, 2.45) is 0 Å². The zero-order valence-corrected chi connectivity index (χ0v) is 13.7. The Morgan fingerprint density at radius 1 is 1.00 bits per heavy atom. The molecule has 0 atom stereocenters. The molecule has 1 heterocycles. The minimum atomic E-state index is -0.310. The van der Waals surface area contributed by atoms with E-state index in [1.54, 1.807) is 41.0 Å². The minimum Gasteiger partial charge on any atom is -0.294 e. The maximum atomic E-state index is 13.8. The number of anilines is 2. The van der Waals surface area contributed by atoms with E-state index in [9.17, 15) is 9.18 Å². The summed E-state index contributed by atoms with van der Waals surface area (Å²) in [4.78, 5) is 19.6. The van der Waals surface area contributed by atoms with E-state index in [2.05, 4.69) is 4.85 Å². The van der Waals surface area contributed by atoms with Crippen molar-refractivity contribution in [1.29, 1.82) is 0 Å². The quantitative estimate of drug-likeness (QED) is 0.728. The maximum absolute atomic E-state index is 13.8. The number of carbonyl (C=O) groups excluding carboxylic acids is 1. The first-order valence-corrected chi connectivity index (χ1v) is 7.84. The monoisotopic (exact) mass is 323 g/mol. The summed E-state index contributed by atoms with van der Waals surface area (Å²) in [5.41, 5.74) is 3.32. The van der Waals surface area contributed by atoms with Crippen molar-refractivity contribution in [1.82, 2.24) is 0 Å². The van der Waals surface area contributed by atoms with Crippen LogP contribution in [0.3, 0.4) is 0 Å². The lowest BCUT2D eigenvalue weighted by molar-refractivity contribution is 0.248. The summed E-state index contributed by atoms with van der Waals surface area (Å²) >= 11 is 0. The zero-order chi connectivity index (χ0) is 17.3. The molecule has 0 saturated carbocycles. The van der Waals surface area contributed by atoms with Crippen LogP contribution < -0.4 is 9.80 Å². The SMILES string of the molecule is [C-]#[N+]c1ccc(N2CCCN(c3ccc(C)c(F)c3)C2=O)cc1C. The summed E-state index contributed by atoms with van der Waals surface area (Å²) < 4.78 is 13.8. The van der Waals surface area contributed by atoms with Crippen LogP contribution in [0.25, 0.3) is 4.85 Å². The van der Waals surface area contributed by atoms with Gasteiger partial charge in [-0.1, -0.05) is 12.1 Å². The Bertz CT molecular complexity index is 841. The second kappa shape index (κ2) is 6.32. The molecule has 0 aliphatic carbocycles. The van der Waals surface area contributed by atoms with Crippen LogP contribution in [-0.2, 0) is 0 Å². The Kier molecular flexibility index (Phi) is 4.22. The summed E-state index contributed by atoms with van der Waals surface area (Å²) in [5, 5.41) is 0. The summed E-state index contributed by atoms with van der Waals surface area (Å²) in [6.45, 7) is 11.9.